The summed E-state index contributed by atoms with van der Waals surface area (Å²) in [6, 6.07) is 0. The fraction of sp³-hybridized carbons (Fsp3) is 0.500. The molecular weight excluding hydrogens is 204 g/mol. The lowest BCUT2D eigenvalue weighted by atomic mass is 10.1. The third-order valence-corrected chi connectivity index (χ3v) is 2.50. The molecule has 0 aromatic carbocycles. The zero-order valence-corrected chi connectivity index (χ0v) is 9.26. The minimum absolute atomic E-state index is 0.840. The van der Waals surface area contributed by atoms with Gasteiger partial charge in [0.05, 0.1) is 12.4 Å². The first-order valence-corrected chi connectivity index (χ1v) is 5.72. The lowest BCUT2D eigenvalue weighted by Gasteiger charge is -1.98. The fourth-order valence-corrected chi connectivity index (χ4v) is 1.66. The van der Waals surface area contributed by atoms with Crippen LogP contribution in [0.25, 0.3) is 0 Å². The van der Waals surface area contributed by atoms with Crippen molar-refractivity contribution in [2.45, 2.75) is 38.5 Å². The second kappa shape index (κ2) is 6.10. The van der Waals surface area contributed by atoms with Crippen molar-refractivity contribution in [1.82, 2.24) is 9.97 Å². The van der Waals surface area contributed by atoms with E-state index in [0.29, 0.717) is 0 Å². The number of hydrogen-bond donors (Lipinski definition) is 0. The van der Waals surface area contributed by atoms with Gasteiger partial charge in [-0.3, -0.25) is 0 Å². The number of nitrogens with zero attached hydrogens (tertiary/aromatic N) is 2. The highest BCUT2D eigenvalue weighted by Gasteiger charge is 1.99. The quantitative estimate of drug-likeness (QED) is 0.673. The molecule has 0 saturated heterocycles. The molecule has 16 heavy (non-hydrogen) atoms. The molecule has 2 rings (SSSR count). The maximum atomic E-state index is 5.16. The average molecular weight is 220 g/mol. The highest BCUT2D eigenvalue weighted by molar-refractivity contribution is 4.80. The Hall–Kier alpha value is -1.58. The second-order valence-electron chi connectivity index (χ2n) is 3.77. The van der Waals surface area contributed by atoms with Gasteiger partial charge in [0, 0.05) is 12.8 Å². The molecule has 0 aliphatic heterocycles. The second-order valence-corrected chi connectivity index (χ2v) is 3.77. The van der Waals surface area contributed by atoms with Crippen LogP contribution in [0.2, 0.25) is 0 Å². The first-order valence-electron chi connectivity index (χ1n) is 5.72. The molecule has 0 radical (unpaired) electrons. The summed E-state index contributed by atoms with van der Waals surface area (Å²) >= 11 is 0. The van der Waals surface area contributed by atoms with E-state index < -0.39 is 0 Å². The van der Waals surface area contributed by atoms with Crippen molar-refractivity contribution in [2.24, 2.45) is 0 Å². The standard InChI is InChI=1S/C12H16N2O2/c1(3-5-11-13-7-9-15-11)2-4-6-12-14-8-10-16-12/h7-10H,1-6H2. The Morgan fingerprint density at radius 2 is 1.25 bits per heavy atom. The van der Waals surface area contributed by atoms with Gasteiger partial charge >= 0.3 is 0 Å². The van der Waals surface area contributed by atoms with Crippen LogP contribution < -0.4 is 0 Å². The third kappa shape index (κ3) is 3.53. The molecule has 2 heterocycles. The van der Waals surface area contributed by atoms with Crippen LogP contribution in [0.3, 0.4) is 0 Å². The zero-order chi connectivity index (χ0) is 11.1. The lowest BCUT2D eigenvalue weighted by Crippen LogP contribution is -1.88. The van der Waals surface area contributed by atoms with E-state index in [4.69, 9.17) is 8.83 Å². The summed E-state index contributed by atoms with van der Waals surface area (Å²) < 4.78 is 10.3. The van der Waals surface area contributed by atoms with Crippen molar-refractivity contribution >= 4 is 0 Å². The molecule has 0 spiro atoms. The van der Waals surface area contributed by atoms with E-state index in [1.807, 2.05) is 0 Å². The minimum Gasteiger partial charge on any atom is -0.449 e. The minimum atomic E-state index is 0.840. The van der Waals surface area contributed by atoms with Crippen LogP contribution in [0, 0.1) is 0 Å². The predicted molar refractivity (Wildman–Crippen MR) is 58.9 cm³/mol. The van der Waals surface area contributed by atoms with Crippen molar-refractivity contribution in [3.05, 3.63) is 36.7 Å². The molecule has 86 valence electrons. The molecular formula is C12H16N2O2. The molecule has 0 bridgehead atoms. The highest BCUT2D eigenvalue weighted by Crippen LogP contribution is 2.08. The van der Waals surface area contributed by atoms with Gasteiger partial charge in [-0.05, 0) is 12.8 Å². The molecule has 4 heteroatoms. The highest BCUT2D eigenvalue weighted by atomic mass is 16.3. The van der Waals surface area contributed by atoms with Crippen molar-refractivity contribution in [3.63, 3.8) is 0 Å². The van der Waals surface area contributed by atoms with Crippen LogP contribution in [0.4, 0.5) is 0 Å². The van der Waals surface area contributed by atoms with E-state index in [2.05, 4.69) is 9.97 Å². The Morgan fingerprint density at radius 1 is 0.750 bits per heavy atom. The monoisotopic (exact) mass is 220 g/mol. The first kappa shape index (κ1) is 10.9. The summed E-state index contributed by atoms with van der Waals surface area (Å²) in [6.45, 7) is 0. The Kier molecular flexibility index (Phi) is 4.16. The molecule has 4 nitrogen and oxygen atoms in total. The van der Waals surface area contributed by atoms with Crippen LogP contribution in [-0.2, 0) is 12.8 Å². The van der Waals surface area contributed by atoms with E-state index in [-0.39, 0.29) is 0 Å². The van der Waals surface area contributed by atoms with Crippen molar-refractivity contribution < 1.29 is 8.83 Å². The van der Waals surface area contributed by atoms with Crippen LogP contribution >= 0.6 is 0 Å². The topological polar surface area (TPSA) is 52.1 Å². The van der Waals surface area contributed by atoms with Gasteiger partial charge in [0.25, 0.3) is 0 Å². The maximum absolute atomic E-state index is 5.16. The number of hydrogen-bond acceptors (Lipinski definition) is 4. The van der Waals surface area contributed by atoms with Gasteiger partial charge in [0.2, 0.25) is 0 Å². The summed E-state index contributed by atoms with van der Waals surface area (Å²) in [4.78, 5) is 8.17. The van der Waals surface area contributed by atoms with Gasteiger partial charge < -0.3 is 8.83 Å². The molecule has 0 fully saturated rings. The van der Waals surface area contributed by atoms with E-state index in [0.717, 1.165) is 37.5 Å². The summed E-state index contributed by atoms with van der Waals surface area (Å²) in [5, 5.41) is 0. The normalized spacial score (nSPS) is 10.8. The van der Waals surface area contributed by atoms with Crippen LogP contribution in [0.15, 0.2) is 33.8 Å². The van der Waals surface area contributed by atoms with E-state index >= 15 is 0 Å². The van der Waals surface area contributed by atoms with Gasteiger partial charge in [-0.15, -0.1) is 0 Å². The average Bonchev–Trinajstić information content (AvgIpc) is 2.96. The maximum Gasteiger partial charge on any atom is 0.193 e. The van der Waals surface area contributed by atoms with Crippen molar-refractivity contribution in [1.29, 1.82) is 0 Å². The number of aryl methyl sites for hydroxylation is 2. The van der Waals surface area contributed by atoms with Crippen LogP contribution in [0.1, 0.15) is 37.5 Å². The molecule has 0 aliphatic rings. The fourth-order valence-electron chi connectivity index (χ4n) is 1.66. The largest absolute Gasteiger partial charge is 0.449 e. The Balaban J connectivity index is 1.49. The zero-order valence-electron chi connectivity index (χ0n) is 9.26. The molecule has 2 aromatic rings. The van der Waals surface area contributed by atoms with Gasteiger partial charge in [0.15, 0.2) is 11.8 Å². The Labute approximate surface area is 94.7 Å². The third-order valence-electron chi connectivity index (χ3n) is 2.50. The molecule has 0 saturated carbocycles. The van der Waals surface area contributed by atoms with Crippen LogP contribution in [-0.4, -0.2) is 9.97 Å². The molecule has 2 aromatic heterocycles. The summed E-state index contributed by atoms with van der Waals surface area (Å²) in [5.74, 6) is 1.68. The summed E-state index contributed by atoms with van der Waals surface area (Å²) in [5.41, 5.74) is 0. The lowest BCUT2D eigenvalue weighted by molar-refractivity contribution is 0.466. The number of aromatic nitrogens is 2. The number of rotatable bonds is 7. The van der Waals surface area contributed by atoms with E-state index in [1.54, 1.807) is 24.9 Å². The number of unbranched alkanes of at least 4 members (excludes halogenated alkanes) is 3. The van der Waals surface area contributed by atoms with Gasteiger partial charge in [-0.2, -0.15) is 0 Å². The molecule has 0 aliphatic carbocycles. The predicted octanol–water partition coefficient (Wildman–Crippen LogP) is 3.01. The molecule has 0 N–H and O–H groups in total. The molecule has 0 amide bonds. The number of oxazole rings is 2. The smallest absolute Gasteiger partial charge is 0.193 e. The first-order chi connectivity index (χ1) is 7.95. The molecule has 0 atom stereocenters. The van der Waals surface area contributed by atoms with Gasteiger partial charge in [-0.25, -0.2) is 9.97 Å². The van der Waals surface area contributed by atoms with Crippen LogP contribution in [0.5, 0.6) is 0 Å². The van der Waals surface area contributed by atoms with E-state index in [1.165, 1.54) is 12.8 Å². The Morgan fingerprint density at radius 3 is 1.62 bits per heavy atom. The molecule has 0 unspecified atom stereocenters. The summed E-state index contributed by atoms with van der Waals surface area (Å²) in [6.07, 6.45) is 13.2. The van der Waals surface area contributed by atoms with Crippen molar-refractivity contribution in [2.75, 3.05) is 0 Å². The van der Waals surface area contributed by atoms with Crippen molar-refractivity contribution in [3.8, 4) is 0 Å². The van der Waals surface area contributed by atoms with Gasteiger partial charge in [-0.1, -0.05) is 12.8 Å². The summed E-state index contributed by atoms with van der Waals surface area (Å²) in [7, 11) is 0. The SMILES string of the molecule is c1coc(CCCCCCc2ncco2)n1. The Bertz CT molecular complexity index is 329. The van der Waals surface area contributed by atoms with E-state index in [9.17, 15) is 0 Å². The van der Waals surface area contributed by atoms with Gasteiger partial charge in [0.1, 0.15) is 12.5 Å².